The van der Waals surface area contributed by atoms with Crippen molar-refractivity contribution in [2.75, 3.05) is 36.5 Å². The highest BCUT2D eigenvalue weighted by Crippen LogP contribution is 2.29. The van der Waals surface area contributed by atoms with Crippen LogP contribution in [0, 0.1) is 5.82 Å². The SMILES string of the molecule is CNC1CCN(c2ccc(N3CC(Cn4ccnn4)OC3=O)cc2F)CC1. The molecule has 3 heterocycles. The van der Waals surface area contributed by atoms with Crippen LogP contribution in [0.25, 0.3) is 0 Å². The van der Waals surface area contributed by atoms with Crippen LogP contribution in [0.1, 0.15) is 12.8 Å². The first-order valence-corrected chi connectivity index (χ1v) is 9.18. The number of hydrogen-bond acceptors (Lipinski definition) is 6. The lowest BCUT2D eigenvalue weighted by molar-refractivity contribution is 0.129. The molecule has 1 aromatic carbocycles. The van der Waals surface area contributed by atoms with Gasteiger partial charge < -0.3 is 15.0 Å². The number of hydrogen-bond donors (Lipinski definition) is 1. The fourth-order valence-corrected chi connectivity index (χ4v) is 3.70. The number of carbonyl (C=O) groups excluding carboxylic acids is 1. The fourth-order valence-electron chi connectivity index (χ4n) is 3.70. The molecule has 0 radical (unpaired) electrons. The van der Waals surface area contributed by atoms with Crippen molar-refractivity contribution < 1.29 is 13.9 Å². The molecule has 27 heavy (non-hydrogen) atoms. The molecule has 9 heteroatoms. The largest absolute Gasteiger partial charge is 0.442 e. The van der Waals surface area contributed by atoms with Gasteiger partial charge in [-0.2, -0.15) is 0 Å². The van der Waals surface area contributed by atoms with Crippen molar-refractivity contribution in [3.05, 3.63) is 36.4 Å². The average molecular weight is 374 g/mol. The second-order valence-electron chi connectivity index (χ2n) is 6.93. The Kier molecular flexibility index (Phi) is 4.93. The number of amides is 1. The van der Waals surface area contributed by atoms with Gasteiger partial charge in [-0.05, 0) is 38.1 Å². The van der Waals surface area contributed by atoms with Crippen LogP contribution in [-0.4, -0.2) is 59.9 Å². The summed E-state index contributed by atoms with van der Waals surface area (Å²) in [6, 6.07) is 5.44. The summed E-state index contributed by atoms with van der Waals surface area (Å²) < 4.78 is 21.7. The van der Waals surface area contributed by atoms with E-state index >= 15 is 0 Å². The van der Waals surface area contributed by atoms with Crippen LogP contribution in [0.4, 0.5) is 20.6 Å². The molecular formula is C18H23FN6O2. The number of benzene rings is 1. The molecular weight excluding hydrogens is 351 g/mol. The fraction of sp³-hybridized carbons (Fsp3) is 0.500. The van der Waals surface area contributed by atoms with Crippen molar-refractivity contribution in [3.63, 3.8) is 0 Å². The lowest BCUT2D eigenvalue weighted by Gasteiger charge is -2.33. The van der Waals surface area contributed by atoms with Crippen molar-refractivity contribution in [2.24, 2.45) is 0 Å². The summed E-state index contributed by atoms with van der Waals surface area (Å²) in [5.41, 5.74) is 1.09. The third-order valence-electron chi connectivity index (χ3n) is 5.22. The van der Waals surface area contributed by atoms with Crippen LogP contribution >= 0.6 is 0 Å². The molecule has 1 aromatic heterocycles. The first-order chi connectivity index (χ1) is 13.1. The van der Waals surface area contributed by atoms with Gasteiger partial charge in [-0.1, -0.05) is 5.21 Å². The van der Waals surface area contributed by atoms with Gasteiger partial charge in [0.25, 0.3) is 0 Å². The van der Waals surface area contributed by atoms with E-state index in [1.807, 2.05) is 7.05 Å². The molecule has 0 saturated carbocycles. The topological polar surface area (TPSA) is 75.5 Å². The van der Waals surface area contributed by atoms with Crippen LogP contribution in [0.2, 0.25) is 0 Å². The summed E-state index contributed by atoms with van der Waals surface area (Å²) in [6.45, 7) is 2.40. The maximum Gasteiger partial charge on any atom is 0.414 e. The van der Waals surface area contributed by atoms with Gasteiger partial charge in [0.05, 0.1) is 30.7 Å². The minimum atomic E-state index is -0.470. The van der Waals surface area contributed by atoms with Gasteiger partial charge in [0, 0.05) is 25.3 Å². The number of cyclic esters (lactones) is 1. The molecule has 144 valence electrons. The number of nitrogens with zero attached hydrogens (tertiary/aromatic N) is 5. The van der Waals surface area contributed by atoms with Gasteiger partial charge in [0.2, 0.25) is 0 Å². The maximum atomic E-state index is 14.7. The Morgan fingerprint density at radius 2 is 2.15 bits per heavy atom. The molecule has 2 fully saturated rings. The molecule has 2 aromatic rings. The Bertz CT molecular complexity index is 791. The van der Waals surface area contributed by atoms with E-state index in [9.17, 15) is 9.18 Å². The number of carbonyl (C=O) groups is 1. The van der Waals surface area contributed by atoms with Crippen molar-refractivity contribution in [3.8, 4) is 0 Å². The van der Waals surface area contributed by atoms with E-state index in [0.29, 0.717) is 30.5 Å². The van der Waals surface area contributed by atoms with Gasteiger partial charge >= 0.3 is 6.09 Å². The molecule has 1 N–H and O–H groups in total. The van der Waals surface area contributed by atoms with E-state index < -0.39 is 6.09 Å². The third kappa shape index (κ3) is 3.73. The van der Waals surface area contributed by atoms with E-state index in [1.165, 1.54) is 11.0 Å². The maximum absolute atomic E-state index is 14.7. The summed E-state index contributed by atoms with van der Waals surface area (Å²) >= 11 is 0. The predicted octanol–water partition coefficient (Wildman–Crippen LogP) is 1.63. The van der Waals surface area contributed by atoms with E-state index in [0.717, 1.165) is 25.9 Å². The number of halogens is 1. The highest BCUT2D eigenvalue weighted by atomic mass is 19.1. The highest BCUT2D eigenvalue weighted by Gasteiger charge is 2.33. The van der Waals surface area contributed by atoms with Gasteiger partial charge in [-0.3, -0.25) is 4.90 Å². The van der Waals surface area contributed by atoms with E-state index in [1.54, 1.807) is 29.2 Å². The first kappa shape index (κ1) is 17.7. The molecule has 1 unspecified atom stereocenters. The van der Waals surface area contributed by atoms with Crippen LogP contribution < -0.4 is 15.1 Å². The molecule has 2 aliphatic rings. The number of rotatable bonds is 5. The standard InChI is InChI=1S/C18H23FN6O2/c1-20-13-4-7-23(8-5-13)17-3-2-14(10-16(17)19)25-12-15(27-18(25)26)11-24-9-6-21-22-24/h2-3,6,9-10,13,15,20H,4-5,7-8,11-12H2,1H3. The second kappa shape index (κ2) is 7.51. The zero-order chi connectivity index (χ0) is 18.8. The van der Waals surface area contributed by atoms with Crippen molar-refractivity contribution in [2.45, 2.75) is 31.5 Å². The van der Waals surface area contributed by atoms with Crippen LogP contribution in [-0.2, 0) is 11.3 Å². The number of ether oxygens (including phenoxy) is 1. The molecule has 8 nitrogen and oxygen atoms in total. The Morgan fingerprint density at radius 1 is 1.33 bits per heavy atom. The van der Waals surface area contributed by atoms with Crippen molar-refractivity contribution in [1.29, 1.82) is 0 Å². The summed E-state index contributed by atoms with van der Waals surface area (Å²) in [6.07, 6.45) is 4.44. The summed E-state index contributed by atoms with van der Waals surface area (Å²) in [5.74, 6) is -0.317. The quantitative estimate of drug-likeness (QED) is 0.857. The summed E-state index contributed by atoms with van der Waals surface area (Å²) in [5, 5.41) is 10.9. The minimum absolute atomic E-state index is 0.317. The predicted molar refractivity (Wildman–Crippen MR) is 98.3 cm³/mol. The van der Waals surface area contributed by atoms with Crippen LogP contribution in [0.15, 0.2) is 30.6 Å². The van der Waals surface area contributed by atoms with Crippen molar-refractivity contribution >= 4 is 17.5 Å². The van der Waals surface area contributed by atoms with E-state index in [2.05, 4.69) is 20.5 Å². The lowest BCUT2D eigenvalue weighted by Crippen LogP contribution is -2.41. The number of aromatic nitrogens is 3. The second-order valence-corrected chi connectivity index (χ2v) is 6.93. The molecule has 0 aliphatic carbocycles. The van der Waals surface area contributed by atoms with E-state index in [-0.39, 0.29) is 11.9 Å². The summed E-state index contributed by atoms with van der Waals surface area (Å²) in [4.78, 5) is 15.7. The Hall–Kier alpha value is -2.68. The number of anilines is 2. The number of nitrogens with one attached hydrogen (secondary N) is 1. The van der Waals surface area contributed by atoms with Gasteiger partial charge in [0.1, 0.15) is 11.9 Å². The minimum Gasteiger partial charge on any atom is -0.442 e. The zero-order valence-corrected chi connectivity index (χ0v) is 15.2. The molecule has 1 amide bonds. The monoisotopic (exact) mass is 374 g/mol. The molecule has 0 spiro atoms. The third-order valence-corrected chi connectivity index (χ3v) is 5.22. The normalized spacial score (nSPS) is 21.0. The van der Waals surface area contributed by atoms with Crippen LogP contribution in [0.5, 0.6) is 0 Å². The average Bonchev–Trinajstić information content (AvgIpc) is 3.31. The highest BCUT2D eigenvalue weighted by molar-refractivity contribution is 5.90. The molecule has 4 rings (SSSR count). The van der Waals surface area contributed by atoms with Gasteiger partial charge in [0.15, 0.2) is 0 Å². The number of piperidine rings is 1. The van der Waals surface area contributed by atoms with Gasteiger partial charge in [-0.25, -0.2) is 13.9 Å². The molecule has 2 saturated heterocycles. The Labute approximate surface area is 156 Å². The Balaban J connectivity index is 1.43. The zero-order valence-electron chi connectivity index (χ0n) is 15.2. The molecule has 1 atom stereocenters. The van der Waals surface area contributed by atoms with Crippen molar-refractivity contribution in [1.82, 2.24) is 20.3 Å². The van der Waals surface area contributed by atoms with Crippen LogP contribution in [0.3, 0.4) is 0 Å². The lowest BCUT2D eigenvalue weighted by atomic mass is 10.0. The molecule has 0 bridgehead atoms. The Morgan fingerprint density at radius 3 is 2.81 bits per heavy atom. The van der Waals surface area contributed by atoms with Gasteiger partial charge in [-0.15, -0.1) is 5.10 Å². The first-order valence-electron chi connectivity index (χ1n) is 9.18. The molecule has 2 aliphatic heterocycles. The summed E-state index contributed by atoms with van der Waals surface area (Å²) in [7, 11) is 1.96. The smallest absolute Gasteiger partial charge is 0.414 e. The van der Waals surface area contributed by atoms with E-state index in [4.69, 9.17) is 4.74 Å².